The highest BCUT2D eigenvalue weighted by molar-refractivity contribution is 6.31. The van der Waals surface area contributed by atoms with E-state index >= 15 is 0 Å². The van der Waals surface area contributed by atoms with Crippen molar-refractivity contribution in [3.05, 3.63) is 52.5 Å². The number of aryl methyl sites for hydroxylation is 1. The average Bonchev–Trinajstić information content (AvgIpc) is 2.42. The number of carbonyl (C=O) groups is 1. The first-order valence-corrected chi connectivity index (χ1v) is 6.40. The number of nitrogens with one attached hydrogen (secondary N) is 1. The number of amides is 1. The van der Waals surface area contributed by atoms with Crippen LogP contribution < -0.4 is 15.8 Å². The van der Waals surface area contributed by atoms with Crippen LogP contribution >= 0.6 is 11.6 Å². The van der Waals surface area contributed by atoms with Gasteiger partial charge < -0.3 is 15.8 Å². The molecule has 0 aliphatic heterocycles. The molecule has 0 saturated heterocycles. The molecular formula is C15H15ClN2O2. The van der Waals surface area contributed by atoms with E-state index in [9.17, 15) is 4.79 Å². The normalized spacial score (nSPS) is 10.2. The molecule has 2 rings (SSSR count). The van der Waals surface area contributed by atoms with Gasteiger partial charge in [-0.3, -0.25) is 4.79 Å². The van der Waals surface area contributed by atoms with Crippen LogP contribution in [0.15, 0.2) is 36.4 Å². The van der Waals surface area contributed by atoms with Gasteiger partial charge >= 0.3 is 0 Å². The molecule has 2 aromatic carbocycles. The Kier molecular flexibility index (Phi) is 4.15. The van der Waals surface area contributed by atoms with Crippen molar-refractivity contribution < 1.29 is 9.53 Å². The van der Waals surface area contributed by atoms with Crippen LogP contribution in [0.3, 0.4) is 0 Å². The summed E-state index contributed by atoms with van der Waals surface area (Å²) in [5.74, 6) is 0.155. The van der Waals surface area contributed by atoms with E-state index in [0.717, 1.165) is 5.56 Å². The Morgan fingerprint density at radius 1 is 1.25 bits per heavy atom. The third-order valence-electron chi connectivity index (χ3n) is 2.90. The second-order valence-corrected chi connectivity index (χ2v) is 4.79. The summed E-state index contributed by atoms with van der Waals surface area (Å²) in [7, 11) is 1.49. The Labute approximate surface area is 122 Å². The lowest BCUT2D eigenvalue weighted by Crippen LogP contribution is -2.13. The molecule has 20 heavy (non-hydrogen) atoms. The van der Waals surface area contributed by atoms with E-state index in [-0.39, 0.29) is 5.91 Å². The fourth-order valence-corrected chi connectivity index (χ4v) is 1.94. The Morgan fingerprint density at radius 2 is 2.00 bits per heavy atom. The van der Waals surface area contributed by atoms with Crippen molar-refractivity contribution >= 4 is 28.9 Å². The SMILES string of the molecule is COc1cc(N)ccc1C(=O)Nc1ccc(C)c(Cl)c1. The summed E-state index contributed by atoms with van der Waals surface area (Å²) in [5.41, 5.74) is 8.20. The number of hydrogen-bond donors (Lipinski definition) is 2. The van der Waals surface area contributed by atoms with Crippen molar-refractivity contribution in [3.8, 4) is 5.75 Å². The van der Waals surface area contributed by atoms with Crippen molar-refractivity contribution in [2.24, 2.45) is 0 Å². The smallest absolute Gasteiger partial charge is 0.259 e. The van der Waals surface area contributed by atoms with Crippen molar-refractivity contribution in [2.75, 3.05) is 18.2 Å². The van der Waals surface area contributed by atoms with Crippen LogP contribution in [0.25, 0.3) is 0 Å². The van der Waals surface area contributed by atoms with Gasteiger partial charge in [-0.1, -0.05) is 17.7 Å². The number of hydrogen-bond acceptors (Lipinski definition) is 3. The van der Waals surface area contributed by atoms with E-state index in [0.29, 0.717) is 27.7 Å². The first kappa shape index (κ1) is 14.2. The van der Waals surface area contributed by atoms with Gasteiger partial charge in [0, 0.05) is 22.5 Å². The van der Waals surface area contributed by atoms with Crippen LogP contribution in [0.5, 0.6) is 5.75 Å². The van der Waals surface area contributed by atoms with Crippen molar-refractivity contribution in [1.29, 1.82) is 0 Å². The van der Waals surface area contributed by atoms with Gasteiger partial charge in [0.25, 0.3) is 5.91 Å². The van der Waals surface area contributed by atoms with E-state index in [1.54, 1.807) is 30.3 Å². The Balaban J connectivity index is 2.25. The Bertz CT molecular complexity index is 656. The zero-order valence-corrected chi connectivity index (χ0v) is 12.0. The maximum atomic E-state index is 12.2. The molecule has 2 aromatic rings. The number of halogens is 1. The molecule has 0 fully saturated rings. The molecular weight excluding hydrogens is 276 g/mol. The van der Waals surface area contributed by atoms with E-state index in [1.165, 1.54) is 7.11 Å². The summed E-state index contributed by atoms with van der Waals surface area (Å²) in [6, 6.07) is 10.2. The maximum Gasteiger partial charge on any atom is 0.259 e. The van der Waals surface area contributed by atoms with E-state index in [2.05, 4.69) is 5.32 Å². The number of benzene rings is 2. The van der Waals surface area contributed by atoms with Gasteiger partial charge in [-0.05, 0) is 36.8 Å². The fourth-order valence-electron chi connectivity index (χ4n) is 1.76. The maximum absolute atomic E-state index is 12.2. The van der Waals surface area contributed by atoms with Gasteiger partial charge in [-0.15, -0.1) is 0 Å². The van der Waals surface area contributed by atoms with E-state index in [1.807, 2.05) is 13.0 Å². The first-order chi connectivity index (χ1) is 9.51. The quantitative estimate of drug-likeness (QED) is 0.851. The van der Waals surface area contributed by atoms with Gasteiger partial charge in [-0.25, -0.2) is 0 Å². The summed E-state index contributed by atoms with van der Waals surface area (Å²) >= 11 is 6.03. The molecule has 1 amide bonds. The Hall–Kier alpha value is -2.20. The zero-order valence-electron chi connectivity index (χ0n) is 11.2. The van der Waals surface area contributed by atoms with Crippen molar-refractivity contribution in [1.82, 2.24) is 0 Å². The van der Waals surface area contributed by atoms with Crippen LogP contribution in [0.2, 0.25) is 5.02 Å². The van der Waals surface area contributed by atoms with Crippen LogP contribution in [-0.4, -0.2) is 13.0 Å². The van der Waals surface area contributed by atoms with Gasteiger partial charge in [0.15, 0.2) is 0 Å². The summed E-state index contributed by atoms with van der Waals surface area (Å²) in [4.78, 5) is 12.2. The highest BCUT2D eigenvalue weighted by Gasteiger charge is 2.13. The summed E-state index contributed by atoms with van der Waals surface area (Å²) in [5, 5.41) is 3.38. The number of nitrogens with two attached hydrogens (primary N) is 1. The molecule has 0 saturated carbocycles. The lowest BCUT2D eigenvalue weighted by Gasteiger charge is -2.10. The van der Waals surface area contributed by atoms with Gasteiger partial charge in [0.05, 0.1) is 12.7 Å². The summed E-state index contributed by atoms with van der Waals surface area (Å²) in [6.45, 7) is 1.90. The molecule has 0 atom stereocenters. The molecule has 3 N–H and O–H groups in total. The first-order valence-electron chi connectivity index (χ1n) is 6.02. The third kappa shape index (κ3) is 3.03. The molecule has 0 aliphatic rings. The standard InChI is InChI=1S/C15H15ClN2O2/c1-9-3-5-11(8-13(9)16)18-15(19)12-6-4-10(17)7-14(12)20-2/h3-8H,17H2,1-2H3,(H,18,19). The average molecular weight is 291 g/mol. The molecule has 104 valence electrons. The number of rotatable bonds is 3. The van der Waals surface area contributed by atoms with Crippen LogP contribution in [0.1, 0.15) is 15.9 Å². The van der Waals surface area contributed by atoms with Crippen molar-refractivity contribution in [2.45, 2.75) is 6.92 Å². The molecule has 0 radical (unpaired) electrons. The third-order valence-corrected chi connectivity index (χ3v) is 3.31. The lowest BCUT2D eigenvalue weighted by molar-refractivity contribution is 0.102. The highest BCUT2D eigenvalue weighted by Crippen LogP contribution is 2.24. The summed E-state index contributed by atoms with van der Waals surface area (Å²) < 4.78 is 5.16. The monoisotopic (exact) mass is 290 g/mol. The number of anilines is 2. The molecule has 0 spiro atoms. The fraction of sp³-hybridized carbons (Fsp3) is 0.133. The highest BCUT2D eigenvalue weighted by atomic mass is 35.5. The zero-order chi connectivity index (χ0) is 14.7. The molecule has 0 aliphatic carbocycles. The molecule has 0 unspecified atom stereocenters. The molecule has 0 heterocycles. The van der Waals surface area contributed by atoms with E-state index in [4.69, 9.17) is 22.1 Å². The van der Waals surface area contributed by atoms with Crippen LogP contribution in [0, 0.1) is 6.92 Å². The number of carbonyl (C=O) groups excluding carboxylic acids is 1. The number of ether oxygens (including phenoxy) is 1. The minimum absolute atomic E-state index is 0.276. The van der Waals surface area contributed by atoms with Gasteiger partial charge in [-0.2, -0.15) is 0 Å². The van der Waals surface area contributed by atoms with Gasteiger partial charge in [0.1, 0.15) is 5.75 Å². The lowest BCUT2D eigenvalue weighted by atomic mass is 10.1. The largest absolute Gasteiger partial charge is 0.496 e. The number of nitrogen functional groups attached to an aromatic ring is 1. The predicted molar refractivity (Wildman–Crippen MR) is 81.5 cm³/mol. The molecule has 5 heteroatoms. The number of methoxy groups -OCH3 is 1. The molecule has 0 aromatic heterocycles. The van der Waals surface area contributed by atoms with Gasteiger partial charge in [0.2, 0.25) is 0 Å². The van der Waals surface area contributed by atoms with Crippen LogP contribution in [-0.2, 0) is 0 Å². The predicted octanol–water partition coefficient (Wildman–Crippen LogP) is 3.49. The van der Waals surface area contributed by atoms with Crippen LogP contribution in [0.4, 0.5) is 11.4 Å². The Morgan fingerprint density at radius 3 is 2.65 bits per heavy atom. The second-order valence-electron chi connectivity index (χ2n) is 4.38. The summed E-state index contributed by atoms with van der Waals surface area (Å²) in [6.07, 6.45) is 0. The minimum atomic E-state index is -0.276. The minimum Gasteiger partial charge on any atom is -0.496 e. The van der Waals surface area contributed by atoms with Crippen molar-refractivity contribution in [3.63, 3.8) is 0 Å². The second kappa shape index (κ2) is 5.84. The van der Waals surface area contributed by atoms with E-state index < -0.39 is 0 Å². The molecule has 0 bridgehead atoms. The molecule has 4 nitrogen and oxygen atoms in total. The topological polar surface area (TPSA) is 64.3 Å².